The van der Waals surface area contributed by atoms with Gasteiger partial charge in [-0.2, -0.15) is 0 Å². The molecule has 2 unspecified atom stereocenters. The SMILES string of the molecule is CCCCCCCCCCC(Cl)(C1CCCCC1)S(=O)c1ccc(C)cc1. The van der Waals surface area contributed by atoms with Crippen molar-refractivity contribution in [3.05, 3.63) is 29.8 Å². The minimum atomic E-state index is -1.14. The zero-order valence-electron chi connectivity index (χ0n) is 17.5. The lowest BCUT2D eigenvalue weighted by atomic mass is 9.84. The Morgan fingerprint density at radius 3 is 2.07 bits per heavy atom. The first-order valence-corrected chi connectivity index (χ1v) is 12.8. The Bertz CT molecular complexity index is 550. The largest absolute Gasteiger partial charge is 0.252 e. The molecule has 1 aromatic carbocycles. The normalized spacial score (nSPS) is 18.9. The van der Waals surface area contributed by atoms with Gasteiger partial charge in [-0.05, 0) is 44.2 Å². The third-order valence-corrected chi connectivity index (χ3v) is 8.90. The molecular weight excluding hydrogens is 372 g/mol. The van der Waals surface area contributed by atoms with Gasteiger partial charge in [-0.3, -0.25) is 4.21 Å². The molecule has 0 saturated heterocycles. The van der Waals surface area contributed by atoms with Crippen LogP contribution in [0.3, 0.4) is 0 Å². The number of unbranched alkanes of at least 4 members (excludes halogenated alkanes) is 7. The van der Waals surface area contributed by atoms with E-state index in [1.54, 1.807) is 0 Å². The minimum absolute atomic E-state index is 0.389. The van der Waals surface area contributed by atoms with Crippen LogP contribution in [0.25, 0.3) is 0 Å². The summed E-state index contributed by atoms with van der Waals surface area (Å²) in [6, 6.07) is 8.14. The van der Waals surface area contributed by atoms with Gasteiger partial charge in [0.05, 0.1) is 10.8 Å². The van der Waals surface area contributed by atoms with Crippen LogP contribution in [0.1, 0.15) is 102 Å². The highest BCUT2D eigenvalue weighted by Crippen LogP contribution is 2.45. The second kappa shape index (κ2) is 12.3. The van der Waals surface area contributed by atoms with Gasteiger partial charge < -0.3 is 0 Å². The van der Waals surface area contributed by atoms with Gasteiger partial charge in [-0.1, -0.05) is 95.2 Å². The van der Waals surface area contributed by atoms with Crippen molar-refractivity contribution < 1.29 is 4.21 Å². The van der Waals surface area contributed by atoms with Crippen LogP contribution in [0.5, 0.6) is 0 Å². The Balaban J connectivity index is 1.93. The van der Waals surface area contributed by atoms with Crippen molar-refractivity contribution in [3.63, 3.8) is 0 Å². The van der Waals surface area contributed by atoms with Gasteiger partial charge in [0.2, 0.25) is 0 Å². The van der Waals surface area contributed by atoms with Crippen LogP contribution in [0.4, 0.5) is 0 Å². The number of aryl methyl sites for hydroxylation is 1. The molecule has 154 valence electrons. The topological polar surface area (TPSA) is 17.1 Å². The quantitative estimate of drug-likeness (QED) is 0.251. The maximum absolute atomic E-state index is 13.5. The fourth-order valence-corrected chi connectivity index (χ4v) is 6.60. The predicted octanol–water partition coefficient (Wildman–Crippen LogP) is 8.15. The molecule has 0 spiro atoms. The molecule has 27 heavy (non-hydrogen) atoms. The second-order valence-corrected chi connectivity index (χ2v) is 11.1. The molecule has 1 fully saturated rings. The first-order chi connectivity index (χ1) is 13.1. The first-order valence-electron chi connectivity index (χ1n) is 11.3. The van der Waals surface area contributed by atoms with E-state index >= 15 is 0 Å². The summed E-state index contributed by atoms with van der Waals surface area (Å²) >= 11 is 7.22. The molecule has 0 radical (unpaired) electrons. The van der Waals surface area contributed by atoms with Crippen molar-refractivity contribution in [1.29, 1.82) is 0 Å². The summed E-state index contributed by atoms with van der Waals surface area (Å²) in [5, 5.41) is 0. The van der Waals surface area contributed by atoms with Gasteiger partial charge in [0, 0.05) is 4.90 Å². The van der Waals surface area contributed by atoms with Crippen LogP contribution < -0.4 is 0 Å². The maximum Gasteiger partial charge on any atom is 0.127 e. The highest BCUT2D eigenvalue weighted by atomic mass is 35.5. The predicted molar refractivity (Wildman–Crippen MR) is 120 cm³/mol. The van der Waals surface area contributed by atoms with Gasteiger partial charge in [0.1, 0.15) is 4.21 Å². The van der Waals surface area contributed by atoms with Crippen LogP contribution in [0.15, 0.2) is 29.2 Å². The van der Waals surface area contributed by atoms with E-state index in [0.29, 0.717) is 5.92 Å². The average Bonchev–Trinajstić information content (AvgIpc) is 2.70. The van der Waals surface area contributed by atoms with E-state index in [0.717, 1.165) is 30.6 Å². The molecular formula is C24H39ClOS. The van der Waals surface area contributed by atoms with Gasteiger partial charge in [-0.25, -0.2) is 0 Å². The van der Waals surface area contributed by atoms with Gasteiger partial charge in [0.25, 0.3) is 0 Å². The van der Waals surface area contributed by atoms with E-state index in [1.807, 2.05) is 12.1 Å². The zero-order valence-corrected chi connectivity index (χ0v) is 19.1. The fraction of sp³-hybridized carbons (Fsp3) is 0.750. The van der Waals surface area contributed by atoms with Crippen LogP contribution in [-0.4, -0.2) is 8.42 Å². The fourth-order valence-electron chi connectivity index (χ4n) is 4.34. The monoisotopic (exact) mass is 410 g/mol. The third-order valence-electron chi connectivity index (χ3n) is 6.13. The standard InChI is InChI=1S/C24H39ClOS/c1-3-4-5-6-7-8-9-13-20-24(25,22-14-11-10-12-15-22)27(26)23-18-16-21(2)17-19-23/h16-19,22H,3-15,20H2,1-2H3. The van der Waals surface area contributed by atoms with E-state index < -0.39 is 15.0 Å². The number of hydrogen-bond donors (Lipinski definition) is 0. The van der Waals surface area contributed by atoms with Gasteiger partial charge in [0.15, 0.2) is 0 Å². The summed E-state index contributed by atoms with van der Waals surface area (Å²) in [5.74, 6) is 0.389. The molecule has 0 aromatic heterocycles. The Labute approximate surface area is 175 Å². The maximum atomic E-state index is 13.5. The Kier molecular flexibility index (Phi) is 10.4. The number of halogens is 1. The van der Waals surface area contributed by atoms with Crippen LogP contribution >= 0.6 is 11.6 Å². The van der Waals surface area contributed by atoms with Gasteiger partial charge in [-0.15, -0.1) is 11.6 Å². The van der Waals surface area contributed by atoms with Crippen molar-refractivity contribution in [2.45, 2.75) is 113 Å². The van der Waals surface area contributed by atoms with E-state index in [1.165, 1.54) is 69.8 Å². The Morgan fingerprint density at radius 2 is 1.48 bits per heavy atom. The highest BCUT2D eigenvalue weighted by molar-refractivity contribution is 7.88. The lowest BCUT2D eigenvalue weighted by molar-refractivity contribution is 0.311. The van der Waals surface area contributed by atoms with Crippen LogP contribution in [-0.2, 0) is 10.8 Å². The number of hydrogen-bond acceptors (Lipinski definition) is 1. The van der Waals surface area contributed by atoms with Crippen molar-refractivity contribution in [2.24, 2.45) is 5.92 Å². The lowest BCUT2D eigenvalue weighted by Crippen LogP contribution is -2.38. The van der Waals surface area contributed by atoms with Crippen molar-refractivity contribution in [1.82, 2.24) is 0 Å². The molecule has 2 rings (SSSR count). The lowest BCUT2D eigenvalue weighted by Gasteiger charge is -2.37. The van der Waals surface area contributed by atoms with Crippen LogP contribution in [0.2, 0.25) is 0 Å². The Morgan fingerprint density at radius 1 is 0.926 bits per heavy atom. The summed E-state index contributed by atoms with van der Waals surface area (Å²) in [6.07, 6.45) is 17.3. The Hall–Kier alpha value is -0.340. The molecule has 0 heterocycles. The summed E-state index contributed by atoms with van der Waals surface area (Å²) in [7, 11) is -1.14. The van der Waals surface area contributed by atoms with E-state index in [4.69, 9.17) is 11.6 Å². The van der Waals surface area contributed by atoms with E-state index in [2.05, 4.69) is 26.0 Å². The van der Waals surface area contributed by atoms with Crippen molar-refractivity contribution >= 4 is 22.4 Å². The van der Waals surface area contributed by atoms with Crippen LogP contribution in [0, 0.1) is 12.8 Å². The summed E-state index contributed by atoms with van der Waals surface area (Å²) in [4.78, 5) is 0.903. The number of rotatable bonds is 12. The summed E-state index contributed by atoms with van der Waals surface area (Å²) in [5.41, 5.74) is 1.21. The number of benzene rings is 1. The molecule has 0 aliphatic heterocycles. The molecule has 1 nitrogen and oxygen atoms in total. The molecule has 3 heteroatoms. The highest BCUT2D eigenvalue weighted by Gasteiger charge is 2.43. The van der Waals surface area contributed by atoms with Crippen molar-refractivity contribution in [2.75, 3.05) is 0 Å². The molecule has 0 bridgehead atoms. The summed E-state index contributed by atoms with van der Waals surface area (Å²) in [6.45, 7) is 4.34. The first kappa shape index (κ1) is 22.9. The van der Waals surface area contributed by atoms with E-state index in [9.17, 15) is 4.21 Å². The molecule has 1 aliphatic carbocycles. The molecule has 0 amide bonds. The van der Waals surface area contributed by atoms with Gasteiger partial charge >= 0.3 is 0 Å². The molecule has 1 saturated carbocycles. The molecule has 1 aliphatic rings. The number of alkyl halides is 1. The summed E-state index contributed by atoms with van der Waals surface area (Å²) < 4.78 is 12.9. The smallest absolute Gasteiger partial charge is 0.127 e. The average molecular weight is 411 g/mol. The van der Waals surface area contributed by atoms with E-state index in [-0.39, 0.29) is 0 Å². The molecule has 1 aromatic rings. The third kappa shape index (κ3) is 7.20. The molecule has 2 atom stereocenters. The second-order valence-electron chi connectivity index (χ2n) is 8.43. The minimum Gasteiger partial charge on any atom is -0.252 e. The van der Waals surface area contributed by atoms with Crippen molar-refractivity contribution in [3.8, 4) is 0 Å². The zero-order chi connectivity index (χ0) is 19.5. The molecule has 0 N–H and O–H groups in total.